The average Bonchev–Trinajstić information content (AvgIpc) is 2.39. The van der Waals surface area contributed by atoms with Gasteiger partial charge in [0.15, 0.2) is 0 Å². The lowest BCUT2D eigenvalue weighted by Crippen LogP contribution is -2.67. The maximum atomic E-state index is 12.5. The Bertz CT molecular complexity index is 540. The molecule has 1 fully saturated rings. The summed E-state index contributed by atoms with van der Waals surface area (Å²) in [5.41, 5.74) is -0.0928. The van der Waals surface area contributed by atoms with Crippen molar-refractivity contribution in [1.29, 1.82) is 0 Å². The second kappa shape index (κ2) is 5.15. The lowest BCUT2D eigenvalue weighted by molar-refractivity contribution is -0.156. The summed E-state index contributed by atoms with van der Waals surface area (Å²) in [6.07, 6.45) is 0.567. The third-order valence-corrected chi connectivity index (χ3v) is 3.76. The summed E-state index contributed by atoms with van der Waals surface area (Å²) in [7, 11) is 0. The SMILES string of the molecule is CCC1NC(=O)C(C)(C)N(Cc2cccc(O)c2)C1=O. The monoisotopic (exact) mass is 276 g/mol. The van der Waals surface area contributed by atoms with Gasteiger partial charge in [0.2, 0.25) is 11.8 Å². The lowest BCUT2D eigenvalue weighted by Gasteiger charge is -2.44. The van der Waals surface area contributed by atoms with Crippen LogP contribution in [0.2, 0.25) is 0 Å². The molecule has 1 aromatic rings. The lowest BCUT2D eigenvalue weighted by atomic mass is 9.94. The van der Waals surface area contributed by atoms with Crippen molar-refractivity contribution in [3.63, 3.8) is 0 Å². The van der Waals surface area contributed by atoms with E-state index in [4.69, 9.17) is 0 Å². The van der Waals surface area contributed by atoms with Crippen LogP contribution >= 0.6 is 0 Å². The number of amides is 2. The second-order valence-corrected chi connectivity index (χ2v) is 5.59. The Kier molecular flexibility index (Phi) is 3.70. The first kappa shape index (κ1) is 14.4. The van der Waals surface area contributed by atoms with Gasteiger partial charge in [0.05, 0.1) is 0 Å². The van der Waals surface area contributed by atoms with Crippen LogP contribution in [0.15, 0.2) is 24.3 Å². The fraction of sp³-hybridized carbons (Fsp3) is 0.467. The van der Waals surface area contributed by atoms with Crippen LogP contribution in [0, 0.1) is 0 Å². The van der Waals surface area contributed by atoms with E-state index in [0.717, 1.165) is 5.56 Å². The largest absolute Gasteiger partial charge is 0.508 e. The number of nitrogens with zero attached hydrogens (tertiary/aromatic N) is 1. The number of carbonyl (C=O) groups is 2. The molecule has 0 radical (unpaired) electrons. The summed E-state index contributed by atoms with van der Waals surface area (Å²) in [4.78, 5) is 26.2. The summed E-state index contributed by atoms with van der Waals surface area (Å²) in [6.45, 7) is 5.64. The van der Waals surface area contributed by atoms with E-state index in [2.05, 4.69) is 5.32 Å². The summed E-state index contributed by atoms with van der Waals surface area (Å²) >= 11 is 0. The minimum atomic E-state index is -0.895. The molecule has 2 rings (SSSR count). The van der Waals surface area contributed by atoms with Gasteiger partial charge in [-0.15, -0.1) is 0 Å². The Morgan fingerprint density at radius 3 is 2.65 bits per heavy atom. The average molecular weight is 276 g/mol. The number of phenols is 1. The van der Waals surface area contributed by atoms with Crippen LogP contribution in [-0.4, -0.2) is 33.4 Å². The quantitative estimate of drug-likeness (QED) is 0.877. The van der Waals surface area contributed by atoms with Crippen LogP contribution in [0.4, 0.5) is 0 Å². The summed E-state index contributed by atoms with van der Waals surface area (Å²) in [6, 6.07) is 6.28. The third kappa shape index (κ3) is 2.48. The number of hydrogen-bond donors (Lipinski definition) is 2. The van der Waals surface area contributed by atoms with Gasteiger partial charge >= 0.3 is 0 Å². The van der Waals surface area contributed by atoms with Crippen LogP contribution in [0.3, 0.4) is 0 Å². The Labute approximate surface area is 118 Å². The fourth-order valence-electron chi connectivity index (χ4n) is 2.37. The van der Waals surface area contributed by atoms with Crippen LogP contribution < -0.4 is 5.32 Å². The molecule has 1 unspecified atom stereocenters. The standard InChI is InChI=1S/C15H20N2O3/c1-4-12-13(19)17(15(2,3)14(20)16-12)9-10-6-5-7-11(18)8-10/h5-8,12,18H,4,9H2,1-3H3,(H,16,20). The number of rotatable bonds is 3. The number of aromatic hydroxyl groups is 1. The smallest absolute Gasteiger partial charge is 0.246 e. The number of benzene rings is 1. The highest BCUT2D eigenvalue weighted by molar-refractivity contribution is 5.99. The minimum absolute atomic E-state index is 0.0829. The van der Waals surface area contributed by atoms with Crippen molar-refractivity contribution < 1.29 is 14.7 Å². The molecular weight excluding hydrogens is 256 g/mol. The molecule has 1 aliphatic rings. The summed E-state index contributed by atoms with van der Waals surface area (Å²) < 4.78 is 0. The third-order valence-electron chi connectivity index (χ3n) is 3.76. The first-order chi connectivity index (χ1) is 9.36. The van der Waals surface area contributed by atoms with E-state index in [0.29, 0.717) is 13.0 Å². The van der Waals surface area contributed by atoms with Crippen molar-refractivity contribution in [2.75, 3.05) is 0 Å². The normalized spacial score (nSPS) is 21.8. The highest BCUT2D eigenvalue weighted by Crippen LogP contribution is 2.25. The Morgan fingerprint density at radius 1 is 1.35 bits per heavy atom. The van der Waals surface area contributed by atoms with Gasteiger partial charge in [-0.1, -0.05) is 19.1 Å². The molecular formula is C15H20N2O3. The van der Waals surface area contributed by atoms with Gasteiger partial charge in [-0.05, 0) is 38.0 Å². The van der Waals surface area contributed by atoms with Crippen molar-refractivity contribution >= 4 is 11.8 Å². The first-order valence-electron chi connectivity index (χ1n) is 6.76. The number of piperazine rings is 1. The molecule has 2 N–H and O–H groups in total. The van der Waals surface area contributed by atoms with Crippen LogP contribution in [0.25, 0.3) is 0 Å². The molecule has 0 aliphatic carbocycles. The van der Waals surface area contributed by atoms with Gasteiger partial charge in [-0.25, -0.2) is 0 Å². The predicted molar refractivity (Wildman–Crippen MR) is 75.0 cm³/mol. The van der Waals surface area contributed by atoms with E-state index >= 15 is 0 Å². The minimum Gasteiger partial charge on any atom is -0.508 e. The van der Waals surface area contributed by atoms with E-state index in [1.807, 2.05) is 13.0 Å². The molecule has 0 aromatic heterocycles. The Balaban J connectivity index is 2.30. The van der Waals surface area contributed by atoms with Crippen LogP contribution in [0.1, 0.15) is 32.8 Å². The van der Waals surface area contributed by atoms with Gasteiger partial charge in [0.1, 0.15) is 17.3 Å². The first-order valence-corrected chi connectivity index (χ1v) is 6.76. The maximum absolute atomic E-state index is 12.5. The Hall–Kier alpha value is -2.04. The number of nitrogens with one attached hydrogen (secondary N) is 1. The molecule has 5 nitrogen and oxygen atoms in total. The molecule has 20 heavy (non-hydrogen) atoms. The van der Waals surface area contributed by atoms with Crippen molar-refractivity contribution in [3.8, 4) is 5.75 Å². The van der Waals surface area contributed by atoms with Crippen molar-refractivity contribution in [3.05, 3.63) is 29.8 Å². The molecule has 1 aliphatic heterocycles. The second-order valence-electron chi connectivity index (χ2n) is 5.59. The molecule has 0 spiro atoms. The fourth-order valence-corrected chi connectivity index (χ4v) is 2.37. The molecule has 5 heteroatoms. The van der Waals surface area contributed by atoms with Crippen molar-refractivity contribution in [1.82, 2.24) is 10.2 Å². The van der Waals surface area contributed by atoms with Crippen molar-refractivity contribution in [2.45, 2.75) is 45.3 Å². The van der Waals surface area contributed by atoms with E-state index in [9.17, 15) is 14.7 Å². The van der Waals surface area contributed by atoms with E-state index in [1.54, 1.807) is 36.9 Å². The molecule has 0 saturated carbocycles. The Morgan fingerprint density at radius 2 is 2.05 bits per heavy atom. The van der Waals surface area contributed by atoms with Gasteiger partial charge in [0, 0.05) is 6.54 Å². The summed E-state index contributed by atoms with van der Waals surface area (Å²) in [5.74, 6) is -0.0780. The zero-order chi connectivity index (χ0) is 14.9. The molecule has 1 saturated heterocycles. The molecule has 108 valence electrons. The molecule has 0 bridgehead atoms. The molecule has 2 amide bonds. The highest BCUT2D eigenvalue weighted by Gasteiger charge is 2.45. The maximum Gasteiger partial charge on any atom is 0.246 e. The number of phenolic OH excluding ortho intramolecular Hbond substituents is 1. The summed E-state index contributed by atoms with van der Waals surface area (Å²) in [5, 5.41) is 12.3. The topological polar surface area (TPSA) is 69.6 Å². The molecule has 1 heterocycles. The van der Waals surface area contributed by atoms with E-state index in [-0.39, 0.29) is 17.6 Å². The van der Waals surface area contributed by atoms with Gasteiger partial charge < -0.3 is 15.3 Å². The number of carbonyl (C=O) groups excluding carboxylic acids is 2. The van der Waals surface area contributed by atoms with Crippen molar-refractivity contribution in [2.24, 2.45) is 0 Å². The predicted octanol–water partition coefficient (Wildman–Crippen LogP) is 1.41. The van der Waals surface area contributed by atoms with E-state index < -0.39 is 11.6 Å². The van der Waals surface area contributed by atoms with E-state index in [1.165, 1.54) is 0 Å². The number of hydrogen-bond acceptors (Lipinski definition) is 3. The van der Waals surface area contributed by atoms with Gasteiger partial charge in [-0.2, -0.15) is 0 Å². The van der Waals surface area contributed by atoms with Gasteiger partial charge in [-0.3, -0.25) is 9.59 Å². The zero-order valence-electron chi connectivity index (χ0n) is 12.0. The zero-order valence-corrected chi connectivity index (χ0v) is 12.0. The van der Waals surface area contributed by atoms with Crippen LogP contribution in [0.5, 0.6) is 5.75 Å². The van der Waals surface area contributed by atoms with Crippen LogP contribution in [-0.2, 0) is 16.1 Å². The highest BCUT2D eigenvalue weighted by atomic mass is 16.3. The molecule has 1 atom stereocenters. The molecule has 1 aromatic carbocycles. The van der Waals surface area contributed by atoms with Gasteiger partial charge in [0.25, 0.3) is 0 Å².